The van der Waals surface area contributed by atoms with Crippen LogP contribution in [0.15, 0.2) is 5.38 Å². The van der Waals surface area contributed by atoms with E-state index in [1.165, 1.54) is 18.4 Å². The number of aromatic nitrogens is 1. The summed E-state index contributed by atoms with van der Waals surface area (Å²) in [4.78, 5) is 19.6. The molecule has 0 saturated carbocycles. The van der Waals surface area contributed by atoms with E-state index < -0.39 is 0 Å². The lowest BCUT2D eigenvalue weighted by Gasteiger charge is -1.98. The molecule has 0 aliphatic carbocycles. The third-order valence-electron chi connectivity index (χ3n) is 1.34. The summed E-state index contributed by atoms with van der Waals surface area (Å²) < 4.78 is 0. The van der Waals surface area contributed by atoms with Crippen molar-refractivity contribution in [1.29, 1.82) is 0 Å². The molecule has 0 fully saturated rings. The van der Waals surface area contributed by atoms with Crippen molar-refractivity contribution in [2.24, 2.45) is 5.73 Å². The molecule has 5 nitrogen and oxygen atoms in total. The Balaban J connectivity index is 2.73. The van der Waals surface area contributed by atoms with Crippen LogP contribution in [-0.2, 0) is 4.84 Å². The van der Waals surface area contributed by atoms with Gasteiger partial charge in [-0.2, -0.15) is 0 Å². The zero-order valence-electron chi connectivity index (χ0n) is 7.40. The van der Waals surface area contributed by atoms with E-state index >= 15 is 0 Å². The van der Waals surface area contributed by atoms with E-state index in [1.807, 2.05) is 6.92 Å². The van der Waals surface area contributed by atoms with Crippen molar-refractivity contribution in [1.82, 2.24) is 10.5 Å². The summed E-state index contributed by atoms with van der Waals surface area (Å²) in [6.07, 6.45) is 0. The summed E-state index contributed by atoms with van der Waals surface area (Å²) in [6, 6.07) is -0.144. The molecule has 1 unspecified atom stereocenters. The van der Waals surface area contributed by atoms with Gasteiger partial charge in [0.05, 0.1) is 13.2 Å². The van der Waals surface area contributed by atoms with Gasteiger partial charge in [0.1, 0.15) is 10.7 Å². The molecule has 1 aromatic heterocycles. The molecular formula is C7H11N3O2S. The lowest BCUT2D eigenvalue weighted by molar-refractivity contribution is 0.0533. The van der Waals surface area contributed by atoms with Gasteiger partial charge in [0.2, 0.25) is 0 Å². The Kier molecular flexibility index (Phi) is 3.35. The molecular weight excluding hydrogens is 190 g/mol. The highest BCUT2D eigenvalue weighted by molar-refractivity contribution is 7.09. The fraction of sp³-hybridized carbons (Fsp3) is 0.429. The largest absolute Gasteiger partial charge is 0.322 e. The molecule has 0 aromatic carbocycles. The predicted octanol–water partition coefficient (Wildman–Crippen LogP) is 0.454. The summed E-state index contributed by atoms with van der Waals surface area (Å²) in [5.74, 6) is -0.356. The van der Waals surface area contributed by atoms with E-state index in [0.717, 1.165) is 5.01 Å². The molecule has 0 radical (unpaired) electrons. The van der Waals surface area contributed by atoms with E-state index in [9.17, 15) is 4.79 Å². The van der Waals surface area contributed by atoms with Crippen LogP contribution in [0.3, 0.4) is 0 Å². The molecule has 0 aliphatic rings. The van der Waals surface area contributed by atoms with Crippen molar-refractivity contribution >= 4 is 17.2 Å². The van der Waals surface area contributed by atoms with Gasteiger partial charge in [-0.15, -0.1) is 11.3 Å². The molecule has 3 N–H and O–H groups in total. The SMILES string of the molecule is CONC(=O)c1csc(C(C)N)n1. The Bertz CT molecular complexity index is 298. The van der Waals surface area contributed by atoms with Gasteiger partial charge in [-0.1, -0.05) is 0 Å². The number of carbonyl (C=O) groups is 1. The summed E-state index contributed by atoms with van der Waals surface area (Å²) in [7, 11) is 1.37. The molecule has 72 valence electrons. The van der Waals surface area contributed by atoms with Crippen molar-refractivity contribution in [3.05, 3.63) is 16.1 Å². The van der Waals surface area contributed by atoms with E-state index in [1.54, 1.807) is 5.38 Å². The van der Waals surface area contributed by atoms with E-state index in [2.05, 4.69) is 15.3 Å². The Morgan fingerprint density at radius 3 is 3.00 bits per heavy atom. The Hall–Kier alpha value is -0.980. The van der Waals surface area contributed by atoms with E-state index in [0.29, 0.717) is 5.69 Å². The van der Waals surface area contributed by atoms with Crippen LogP contribution >= 0.6 is 11.3 Å². The number of nitrogens with one attached hydrogen (secondary N) is 1. The van der Waals surface area contributed by atoms with Crippen LogP contribution in [-0.4, -0.2) is 18.0 Å². The molecule has 1 rings (SSSR count). The van der Waals surface area contributed by atoms with Crippen molar-refractivity contribution in [2.75, 3.05) is 7.11 Å². The van der Waals surface area contributed by atoms with Crippen molar-refractivity contribution in [2.45, 2.75) is 13.0 Å². The second kappa shape index (κ2) is 4.31. The predicted molar refractivity (Wildman–Crippen MR) is 49.2 cm³/mol. The lowest BCUT2D eigenvalue weighted by Crippen LogP contribution is -2.22. The zero-order chi connectivity index (χ0) is 9.84. The zero-order valence-corrected chi connectivity index (χ0v) is 8.22. The average Bonchev–Trinajstić information content (AvgIpc) is 2.52. The summed E-state index contributed by atoms with van der Waals surface area (Å²) >= 11 is 1.36. The first-order valence-electron chi connectivity index (χ1n) is 3.69. The molecule has 0 aliphatic heterocycles. The van der Waals surface area contributed by atoms with Gasteiger partial charge < -0.3 is 5.73 Å². The number of hydroxylamine groups is 1. The smallest absolute Gasteiger partial charge is 0.294 e. The molecule has 1 aromatic rings. The summed E-state index contributed by atoms with van der Waals surface area (Å²) in [5.41, 5.74) is 8.10. The summed E-state index contributed by atoms with van der Waals surface area (Å²) in [6.45, 7) is 1.82. The van der Waals surface area contributed by atoms with Gasteiger partial charge in [0, 0.05) is 5.38 Å². The van der Waals surface area contributed by atoms with E-state index in [4.69, 9.17) is 5.73 Å². The Morgan fingerprint density at radius 1 is 1.85 bits per heavy atom. The number of amides is 1. The molecule has 1 amide bonds. The fourth-order valence-electron chi connectivity index (χ4n) is 0.746. The Labute approximate surface area is 79.9 Å². The molecule has 1 atom stereocenters. The minimum Gasteiger partial charge on any atom is -0.322 e. The van der Waals surface area contributed by atoms with Gasteiger partial charge in [-0.05, 0) is 6.92 Å². The second-order valence-electron chi connectivity index (χ2n) is 2.49. The fourth-order valence-corrected chi connectivity index (χ4v) is 1.50. The monoisotopic (exact) mass is 201 g/mol. The third-order valence-corrected chi connectivity index (χ3v) is 2.38. The first-order valence-corrected chi connectivity index (χ1v) is 4.57. The van der Waals surface area contributed by atoms with Gasteiger partial charge in [0.15, 0.2) is 0 Å². The lowest BCUT2D eigenvalue weighted by atomic mass is 10.4. The molecule has 0 saturated heterocycles. The molecule has 0 bridgehead atoms. The highest BCUT2D eigenvalue weighted by Crippen LogP contribution is 2.15. The molecule has 0 spiro atoms. The number of carbonyl (C=O) groups excluding carboxylic acids is 1. The quantitative estimate of drug-likeness (QED) is 0.696. The summed E-state index contributed by atoms with van der Waals surface area (Å²) in [5, 5.41) is 2.38. The maximum absolute atomic E-state index is 11.1. The number of nitrogens with zero attached hydrogens (tertiary/aromatic N) is 1. The normalized spacial score (nSPS) is 12.5. The van der Waals surface area contributed by atoms with Crippen LogP contribution in [0, 0.1) is 0 Å². The van der Waals surface area contributed by atoms with Crippen LogP contribution in [0.25, 0.3) is 0 Å². The number of nitrogens with two attached hydrogens (primary N) is 1. The molecule has 1 heterocycles. The van der Waals surface area contributed by atoms with Gasteiger partial charge >= 0.3 is 0 Å². The first kappa shape index (κ1) is 10.1. The minimum absolute atomic E-state index is 0.144. The van der Waals surface area contributed by atoms with Gasteiger partial charge in [0.25, 0.3) is 5.91 Å². The molecule has 6 heteroatoms. The first-order chi connectivity index (χ1) is 6.15. The van der Waals surface area contributed by atoms with Gasteiger partial charge in [-0.25, -0.2) is 10.5 Å². The number of rotatable bonds is 3. The van der Waals surface area contributed by atoms with Crippen molar-refractivity contribution in [3.8, 4) is 0 Å². The standard InChI is InChI=1S/C7H11N3O2S/c1-4(8)7-9-5(3-13-7)6(11)10-12-2/h3-4H,8H2,1-2H3,(H,10,11). The topological polar surface area (TPSA) is 77.2 Å². The van der Waals surface area contributed by atoms with Gasteiger partial charge in [-0.3, -0.25) is 9.63 Å². The van der Waals surface area contributed by atoms with Crippen LogP contribution in [0.1, 0.15) is 28.5 Å². The highest BCUT2D eigenvalue weighted by Gasteiger charge is 2.11. The second-order valence-corrected chi connectivity index (χ2v) is 3.38. The average molecular weight is 201 g/mol. The van der Waals surface area contributed by atoms with Crippen molar-refractivity contribution < 1.29 is 9.63 Å². The van der Waals surface area contributed by atoms with Crippen LogP contribution in [0.5, 0.6) is 0 Å². The van der Waals surface area contributed by atoms with Crippen LogP contribution in [0.4, 0.5) is 0 Å². The maximum Gasteiger partial charge on any atom is 0.294 e. The minimum atomic E-state index is -0.356. The number of hydrogen-bond donors (Lipinski definition) is 2. The highest BCUT2D eigenvalue weighted by atomic mass is 32.1. The number of thiazole rings is 1. The van der Waals surface area contributed by atoms with Crippen LogP contribution in [0.2, 0.25) is 0 Å². The molecule has 13 heavy (non-hydrogen) atoms. The third kappa shape index (κ3) is 2.48. The van der Waals surface area contributed by atoms with E-state index in [-0.39, 0.29) is 11.9 Å². The number of hydrogen-bond acceptors (Lipinski definition) is 5. The Morgan fingerprint density at radius 2 is 2.54 bits per heavy atom. The van der Waals surface area contributed by atoms with Crippen LogP contribution < -0.4 is 11.2 Å². The maximum atomic E-state index is 11.1. The van der Waals surface area contributed by atoms with Crippen molar-refractivity contribution in [3.63, 3.8) is 0 Å².